The van der Waals surface area contributed by atoms with E-state index in [4.69, 9.17) is 0 Å². The SMILES string of the molecule is Cc1ccc(C2[C@H]3C(=O)C(C)(C)C(=O)[C@@H]23)cc1. The molecule has 2 nitrogen and oxygen atoms in total. The molecule has 0 heterocycles. The van der Waals surface area contributed by atoms with E-state index >= 15 is 0 Å². The van der Waals surface area contributed by atoms with E-state index in [0.29, 0.717) is 0 Å². The molecule has 88 valence electrons. The summed E-state index contributed by atoms with van der Waals surface area (Å²) in [7, 11) is 0. The number of fused-ring (bicyclic) bond motifs is 1. The van der Waals surface area contributed by atoms with Crippen molar-refractivity contribution >= 4 is 11.6 Å². The average Bonchev–Trinajstić information content (AvgIpc) is 2.98. The maximum Gasteiger partial charge on any atom is 0.150 e. The van der Waals surface area contributed by atoms with Crippen molar-refractivity contribution < 1.29 is 9.59 Å². The fourth-order valence-electron chi connectivity index (χ4n) is 3.12. The van der Waals surface area contributed by atoms with Crippen LogP contribution in [0.1, 0.15) is 30.9 Å². The molecule has 3 atom stereocenters. The predicted molar refractivity (Wildman–Crippen MR) is 64.7 cm³/mol. The fourth-order valence-corrected chi connectivity index (χ4v) is 3.12. The van der Waals surface area contributed by atoms with Gasteiger partial charge in [-0.25, -0.2) is 0 Å². The number of aryl methyl sites for hydroxylation is 1. The van der Waals surface area contributed by atoms with Gasteiger partial charge in [-0.2, -0.15) is 0 Å². The van der Waals surface area contributed by atoms with Crippen molar-refractivity contribution in [2.75, 3.05) is 0 Å². The number of carbonyl (C=O) groups excluding carboxylic acids is 2. The number of benzene rings is 1. The third-order valence-electron chi connectivity index (χ3n) is 4.32. The van der Waals surface area contributed by atoms with Gasteiger partial charge in [0.15, 0.2) is 0 Å². The van der Waals surface area contributed by atoms with Crippen molar-refractivity contribution in [1.82, 2.24) is 0 Å². The minimum atomic E-state index is -0.740. The van der Waals surface area contributed by atoms with Gasteiger partial charge in [0.2, 0.25) is 0 Å². The van der Waals surface area contributed by atoms with Crippen LogP contribution in [0.4, 0.5) is 0 Å². The quantitative estimate of drug-likeness (QED) is 0.692. The summed E-state index contributed by atoms with van der Waals surface area (Å²) in [6.07, 6.45) is 0. The first-order valence-corrected chi connectivity index (χ1v) is 6.10. The van der Waals surface area contributed by atoms with E-state index in [-0.39, 0.29) is 29.3 Å². The highest BCUT2D eigenvalue weighted by molar-refractivity contribution is 6.19. The van der Waals surface area contributed by atoms with Crippen molar-refractivity contribution in [2.45, 2.75) is 26.7 Å². The van der Waals surface area contributed by atoms with E-state index < -0.39 is 5.41 Å². The van der Waals surface area contributed by atoms with Crippen molar-refractivity contribution in [1.29, 1.82) is 0 Å². The molecule has 3 rings (SSSR count). The largest absolute Gasteiger partial charge is 0.298 e. The first-order valence-electron chi connectivity index (χ1n) is 6.10. The second-order valence-electron chi connectivity index (χ2n) is 5.84. The Kier molecular flexibility index (Phi) is 1.93. The molecule has 0 bridgehead atoms. The molecule has 17 heavy (non-hydrogen) atoms. The highest BCUT2D eigenvalue weighted by Gasteiger charge is 2.70. The Hall–Kier alpha value is -1.44. The van der Waals surface area contributed by atoms with Crippen molar-refractivity contribution in [3.63, 3.8) is 0 Å². The molecule has 1 unspecified atom stereocenters. The van der Waals surface area contributed by atoms with Gasteiger partial charge in [-0.1, -0.05) is 29.8 Å². The lowest BCUT2D eigenvalue weighted by Crippen LogP contribution is -2.30. The molecular formula is C15H16O2. The third kappa shape index (κ3) is 1.27. The highest BCUT2D eigenvalue weighted by atomic mass is 16.2. The maximum absolute atomic E-state index is 12.1. The molecule has 2 saturated carbocycles. The van der Waals surface area contributed by atoms with Gasteiger partial charge in [0.05, 0.1) is 5.41 Å². The molecule has 0 aliphatic heterocycles. The molecule has 0 amide bonds. The highest BCUT2D eigenvalue weighted by Crippen LogP contribution is 2.63. The number of carbonyl (C=O) groups is 2. The Bertz CT molecular complexity index is 486. The Morgan fingerprint density at radius 2 is 1.35 bits per heavy atom. The number of rotatable bonds is 1. The lowest BCUT2D eigenvalue weighted by atomic mass is 9.82. The Labute approximate surface area is 101 Å². The summed E-state index contributed by atoms with van der Waals surface area (Å²) in [5.41, 5.74) is 1.61. The van der Waals surface area contributed by atoms with Crippen LogP contribution in [0.5, 0.6) is 0 Å². The fraction of sp³-hybridized carbons (Fsp3) is 0.467. The van der Waals surface area contributed by atoms with Crippen LogP contribution in [0, 0.1) is 24.2 Å². The molecule has 0 aromatic heterocycles. The molecule has 1 aromatic rings. The van der Waals surface area contributed by atoms with Crippen LogP contribution in [-0.2, 0) is 9.59 Å². The summed E-state index contributed by atoms with van der Waals surface area (Å²) in [5.74, 6) is 0.347. The van der Waals surface area contributed by atoms with Crippen LogP contribution in [0.3, 0.4) is 0 Å². The van der Waals surface area contributed by atoms with Crippen LogP contribution in [0.15, 0.2) is 24.3 Å². The van der Waals surface area contributed by atoms with E-state index in [1.54, 1.807) is 13.8 Å². The molecular weight excluding hydrogens is 212 g/mol. The van der Waals surface area contributed by atoms with Gasteiger partial charge in [-0.15, -0.1) is 0 Å². The van der Waals surface area contributed by atoms with E-state index in [1.807, 2.05) is 31.2 Å². The lowest BCUT2D eigenvalue weighted by molar-refractivity contribution is -0.135. The third-order valence-corrected chi connectivity index (χ3v) is 4.32. The van der Waals surface area contributed by atoms with E-state index in [2.05, 4.69) is 0 Å². The number of hydrogen-bond donors (Lipinski definition) is 0. The second kappa shape index (κ2) is 3.06. The summed E-state index contributed by atoms with van der Waals surface area (Å²) < 4.78 is 0. The van der Waals surface area contributed by atoms with Gasteiger partial charge in [-0.3, -0.25) is 9.59 Å². The summed E-state index contributed by atoms with van der Waals surface area (Å²) in [5, 5.41) is 0. The van der Waals surface area contributed by atoms with Gasteiger partial charge in [0.25, 0.3) is 0 Å². The molecule has 1 aromatic carbocycles. The van der Waals surface area contributed by atoms with E-state index in [9.17, 15) is 9.59 Å². The van der Waals surface area contributed by atoms with Crippen LogP contribution in [0.25, 0.3) is 0 Å². The van der Waals surface area contributed by atoms with Crippen LogP contribution in [-0.4, -0.2) is 11.6 Å². The first-order chi connectivity index (χ1) is 7.94. The smallest absolute Gasteiger partial charge is 0.150 e. The molecule has 2 heteroatoms. The Balaban J connectivity index is 1.91. The van der Waals surface area contributed by atoms with E-state index in [1.165, 1.54) is 5.56 Å². The van der Waals surface area contributed by atoms with Crippen molar-refractivity contribution in [2.24, 2.45) is 17.3 Å². The lowest BCUT2D eigenvalue weighted by Gasteiger charge is -2.18. The number of hydrogen-bond acceptors (Lipinski definition) is 2. The predicted octanol–water partition coefficient (Wildman–Crippen LogP) is 2.50. The zero-order chi connectivity index (χ0) is 12.4. The van der Waals surface area contributed by atoms with E-state index in [0.717, 1.165) is 5.56 Å². The van der Waals surface area contributed by atoms with Crippen LogP contribution < -0.4 is 0 Å². The van der Waals surface area contributed by atoms with Crippen LogP contribution in [0.2, 0.25) is 0 Å². The summed E-state index contributed by atoms with van der Waals surface area (Å²) in [6.45, 7) is 5.56. The molecule has 0 spiro atoms. The summed E-state index contributed by atoms with van der Waals surface area (Å²) in [6, 6.07) is 8.19. The Morgan fingerprint density at radius 3 is 1.82 bits per heavy atom. The molecule has 0 saturated heterocycles. The number of Topliss-reactive ketones (excluding diaryl/α,β-unsaturated/α-hetero) is 2. The molecule has 0 radical (unpaired) electrons. The molecule has 0 N–H and O–H groups in total. The minimum absolute atomic E-state index is 0.0415. The van der Waals surface area contributed by atoms with Gasteiger partial charge in [0, 0.05) is 17.8 Å². The zero-order valence-corrected chi connectivity index (χ0v) is 10.4. The topological polar surface area (TPSA) is 34.1 Å². The summed E-state index contributed by atoms with van der Waals surface area (Å²) >= 11 is 0. The minimum Gasteiger partial charge on any atom is -0.298 e. The normalized spacial score (nSPS) is 33.7. The van der Waals surface area contributed by atoms with Gasteiger partial charge in [0.1, 0.15) is 11.6 Å². The van der Waals surface area contributed by atoms with Crippen LogP contribution >= 0.6 is 0 Å². The van der Waals surface area contributed by atoms with Gasteiger partial charge >= 0.3 is 0 Å². The zero-order valence-electron chi connectivity index (χ0n) is 10.4. The standard InChI is InChI=1S/C15H16O2/c1-8-4-6-9(7-5-8)10-11-12(10)14(17)15(2,3)13(11)16/h4-7,10-12H,1-3H3/t10?,11-,12+. The second-order valence-corrected chi connectivity index (χ2v) is 5.84. The molecule has 2 aliphatic carbocycles. The molecule has 2 aliphatic rings. The monoisotopic (exact) mass is 228 g/mol. The molecule has 2 fully saturated rings. The summed E-state index contributed by atoms with van der Waals surface area (Å²) in [4.78, 5) is 24.2. The Morgan fingerprint density at radius 1 is 0.882 bits per heavy atom. The number of ketones is 2. The maximum atomic E-state index is 12.1. The van der Waals surface area contributed by atoms with Crippen molar-refractivity contribution in [3.05, 3.63) is 35.4 Å². The average molecular weight is 228 g/mol. The van der Waals surface area contributed by atoms with Gasteiger partial charge in [-0.05, 0) is 26.3 Å². The van der Waals surface area contributed by atoms with Gasteiger partial charge < -0.3 is 0 Å². The first kappa shape index (κ1) is 10.7. The van der Waals surface area contributed by atoms with Crippen molar-refractivity contribution in [3.8, 4) is 0 Å².